The number of hydrogen-bond donors (Lipinski definition) is 1. The molecule has 0 spiro atoms. The largest absolute Gasteiger partial charge is 0.338 e. The maximum atomic E-state index is 4.71. The predicted octanol–water partition coefficient (Wildman–Crippen LogP) is 2.47. The van der Waals surface area contributed by atoms with Gasteiger partial charge in [-0.2, -0.15) is 4.98 Å². The van der Waals surface area contributed by atoms with Crippen molar-refractivity contribution in [1.82, 2.24) is 20.3 Å². The third-order valence-electron chi connectivity index (χ3n) is 4.01. The van der Waals surface area contributed by atoms with E-state index in [-0.39, 0.29) is 0 Å². The molecular weight excluding hydrogens is 294 g/mol. The zero-order valence-electron chi connectivity index (χ0n) is 12.4. The molecule has 1 aliphatic heterocycles. The van der Waals surface area contributed by atoms with Gasteiger partial charge < -0.3 is 10.2 Å². The van der Waals surface area contributed by atoms with E-state index in [1.807, 2.05) is 0 Å². The van der Waals surface area contributed by atoms with Crippen LogP contribution >= 0.6 is 11.3 Å². The van der Waals surface area contributed by atoms with E-state index in [0.29, 0.717) is 0 Å². The number of hydrogen-bond acceptors (Lipinski definition) is 6. The number of piperazine rings is 1. The number of aryl methyl sites for hydroxylation is 1. The molecule has 0 atom stereocenters. The number of aromatic nitrogens is 3. The highest BCUT2D eigenvalue weighted by molar-refractivity contribution is 7.22. The maximum absolute atomic E-state index is 4.71. The van der Waals surface area contributed by atoms with Crippen molar-refractivity contribution in [3.63, 3.8) is 0 Å². The van der Waals surface area contributed by atoms with Crippen molar-refractivity contribution in [2.45, 2.75) is 6.92 Å². The first-order valence-corrected chi connectivity index (χ1v) is 8.28. The predicted molar refractivity (Wildman–Crippen MR) is 90.5 cm³/mol. The summed E-state index contributed by atoms with van der Waals surface area (Å²) < 4.78 is 1.28. The second kappa shape index (κ2) is 5.62. The second-order valence-corrected chi connectivity index (χ2v) is 6.45. The molecule has 1 aliphatic rings. The van der Waals surface area contributed by atoms with E-state index < -0.39 is 0 Å². The molecule has 6 heteroatoms. The summed E-state index contributed by atoms with van der Waals surface area (Å²) in [5.41, 5.74) is 1.25. The third-order valence-corrected chi connectivity index (χ3v) is 5.27. The summed E-state index contributed by atoms with van der Waals surface area (Å²) in [6, 6.07) is 8.45. The molecule has 1 N–H and O–H groups in total. The van der Waals surface area contributed by atoms with Crippen molar-refractivity contribution < 1.29 is 0 Å². The lowest BCUT2D eigenvalue weighted by Gasteiger charge is -2.27. The van der Waals surface area contributed by atoms with E-state index in [0.717, 1.165) is 42.8 Å². The first kappa shape index (κ1) is 13.6. The summed E-state index contributed by atoms with van der Waals surface area (Å²) in [4.78, 5) is 16.8. The molecule has 0 saturated carbocycles. The normalized spacial score (nSPS) is 15.4. The van der Waals surface area contributed by atoms with Gasteiger partial charge in [0.1, 0.15) is 6.33 Å². The summed E-state index contributed by atoms with van der Waals surface area (Å²) in [5.74, 6) is 1.56. The fourth-order valence-corrected chi connectivity index (χ4v) is 3.95. The molecule has 22 heavy (non-hydrogen) atoms. The molecule has 0 aliphatic carbocycles. The molecule has 112 valence electrons. The Balaban J connectivity index is 1.76. The van der Waals surface area contributed by atoms with Crippen molar-refractivity contribution in [3.05, 3.63) is 36.2 Å². The van der Waals surface area contributed by atoms with Crippen LogP contribution in [0.1, 0.15) is 5.56 Å². The quantitative estimate of drug-likeness (QED) is 0.788. The van der Waals surface area contributed by atoms with Crippen molar-refractivity contribution in [2.75, 3.05) is 31.1 Å². The van der Waals surface area contributed by atoms with E-state index in [2.05, 4.69) is 51.4 Å². The van der Waals surface area contributed by atoms with E-state index in [9.17, 15) is 0 Å². The number of fused-ring (bicyclic) bond motifs is 1. The van der Waals surface area contributed by atoms with Crippen LogP contribution in [0.15, 0.2) is 30.6 Å². The van der Waals surface area contributed by atoms with Gasteiger partial charge in [0.05, 0.1) is 4.88 Å². The summed E-state index contributed by atoms with van der Waals surface area (Å²) in [5, 5.41) is 4.63. The van der Waals surface area contributed by atoms with E-state index >= 15 is 0 Å². The fourth-order valence-electron chi connectivity index (χ4n) is 2.80. The Bertz CT molecular complexity index is 807. The Hall–Kier alpha value is -2.05. The van der Waals surface area contributed by atoms with Gasteiger partial charge in [-0.05, 0) is 23.9 Å². The SMILES string of the molecule is Cc1c(-c2ncnc(N3CCNCC3)n2)sc2ccccc12. The zero-order valence-corrected chi connectivity index (χ0v) is 13.2. The van der Waals surface area contributed by atoms with Crippen molar-refractivity contribution >= 4 is 27.4 Å². The zero-order chi connectivity index (χ0) is 14.9. The number of rotatable bonds is 2. The van der Waals surface area contributed by atoms with Gasteiger partial charge in [0.25, 0.3) is 0 Å². The topological polar surface area (TPSA) is 53.9 Å². The Morgan fingerprint density at radius 3 is 2.77 bits per heavy atom. The Labute approximate surface area is 133 Å². The summed E-state index contributed by atoms with van der Waals surface area (Å²) in [7, 11) is 0. The molecule has 1 fully saturated rings. The highest BCUT2D eigenvalue weighted by Crippen LogP contribution is 2.36. The van der Waals surface area contributed by atoms with Crippen LogP contribution in [0.25, 0.3) is 20.8 Å². The molecule has 1 aromatic carbocycles. The molecule has 0 bridgehead atoms. The number of nitrogens with one attached hydrogen (secondary N) is 1. The monoisotopic (exact) mass is 311 g/mol. The lowest BCUT2D eigenvalue weighted by Crippen LogP contribution is -2.44. The van der Waals surface area contributed by atoms with Crippen LogP contribution in [0.5, 0.6) is 0 Å². The molecule has 4 rings (SSSR count). The van der Waals surface area contributed by atoms with E-state index in [4.69, 9.17) is 4.98 Å². The van der Waals surface area contributed by atoms with Gasteiger partial charge in [-0.25, -0.2) is 9.97 Å². The highest BCUT2D eigenvalue weighted by Gasteiger charge is 2.17. The average Bonchev–Trinajstić information content (AvgIpc) is 2.93. The molecule has 0 radical (unpaired) electrons. The Morgan fingerprint density at radius 1 is 1.14 bits per heavy atom. The van der Waals surface area contributed by atoms with Crippen LogP contribution in [0, 0.1) is 6.92 Å². The van der Waals surface area contributed by atoms with Crippen LogP contribution in [0.3, 0.4) is 0 Å². The molecule has 3 aromatic rings. The second-order valence-electron chi connectivity index (χ2n) is 5.40. The minimum atomic E-state index is 0.780. The smallest absolute Gasteiger partial charge is 0.229 e. The van der Waals surface area contributed by atoms with Gasteiger partial charge in [0.2, 0.25) is 5.95 Å². The lowest BCUT2D eigenvalue weighted by molar-refractivity contribution is 0.579. The third kappa shape index (κ3) is 2.34. The van der Waals surface area contributed by atoms with Gasteiger partial charge >= 0.3 is 0 Å². The van der Waals surface area contributed by atoms with Gasteiger partial charge in [0.15, 0.2) is 5.82 Å². The summed E-state index contributed by atoms with van der Waals surface area (Å²) in [6.07, 6.45) is 1.63. The van der Waals surface area contributed by atoms with Crippen LogP contribution < -0.4 is 10.2 Å². The first-order chi connectivity index (χ1) is 10.8. The molecule has 1 saturated heterocycles. The minimum absolute atomic E-state index is 0.780. The maximum Gasteiger partial charge on any atom is 0.229 e. The fraction of sp³-hybridized carbons (Fsp3) is 0.312. The molecule has 2 aromatic heterocycles. The van der Waals surface area contributed by atoms with Crippen LogP contribution in [0.2, 0.25) is 0 Å². The highest BCUT2D eigenvalue weighted by atomic mass is 32.1. The summed E-state index contributed by atoms with van der Waals surface area (Å²) >= 11 is 1.75. The van der Waals surface area contributed by atoms with E-state index in [1.54, 1.807) is 17.7 Å². The Morgan fingerprint density at radius 2 is 1.95 bits per heavy atom. The molecule has 0 amide bonds. The Kier molecular flexibility index (Phi) is 3.48. The van der Waals surface area contributed by atoms with Crippen molar-refractivity contribution in [1.29, 1.82) is 0 Å². The standard InChI is InChI=1S/C16H17N5S/c1-11-12-4-2-3-5-13(12)22-14(11)15-18-10-19-16(20-15)21-8-6-17-7-9-21/h2-5,10,17H,6-9H2,1H3. The van der Waals surface area contributed by atoms with Gasteiger partial charge in [-0.15, -0.1) is 11.3 Å². The van der Waals surface area contributed by atoms with Crippen LogP contribution in [-0.4, -0.2) is 41.1 Å². The van der Waals surface area contributed by atoms with Gasteiger partial charge in [-0.1, -0.05) is 18.2 Å². The van der Waals surface area contributed by atoms with Gasteiger partial charge in [0, 0.05) is 30.9 Å². The molecule has 0 unspecified atom stereocenters. The minimum Gasteiger partial charge on any atom is -0.338 e. The van der Waals surface area contributed by atoms with Crippen molar-refractivity contribution in [3.8, 4) is 10.7 Å². The molecule has 5 nitrogen and oxygen atoms in total. The number of nitrogens with zero attached hydrogens (tertiary/aromatic N) is 4. The van der Waals surface area contributed by atoms with Crippen LogP contribution in [-0.2, 0) is 0 Å². The average molecular weight is 311 g/mol. The lowest BCUT2D eigenvalue weighted by atomic mass is 10.1. The molecular formula is C16H17N5S. The molecule has 3 heterocycles. The first-order valence-electron chi connectivity index (χ1n) is 7.46. The number of benzene rings is 1. The van der Waals surface area contributed by atoms with Gasteiger partial charge in [-0.3, -0.25) is 0 Å². The number of thiophene rings is 1. The van der Waals surface area contributed by atoms with Crippen LogP contribution in [0.4, 0.5) is 5.95 Å². The van der Waals surface area contributed by atoms with Crippen molar-refractivity contribution in [2.24, 2.45) is 0 Å². The summed E-state index contributed by atoms with van der Waals surface area (Å²) in [6.45, 7) is 5.97. The van der Waals surface area contributed by atoms with E-state index in [1.165, 1.54) is 15.6 Å². The number of anilines is 1.